The van der Waals surface area contributed by atoms with Gasteiger partial charge in [0, 0.05) is 16.1 Å². The average Bonchev–Trinajstić information content (AvgIpc) is 2.89. The highest BCUT2D eigenvalue weighted by molar-refractivity contribution is 7.17. The summed E-state index contributed by atoms with van der Waals surface area (Å²) in [6.07, 6.45) is 0. The van der Waals surface area contributed by atoms with Crippen LogP contribution >= 0.6 is 11.3 Å². The van der Waals surface area contributed by atoms with Crippen LogP contribution in [0.4, 0.5) is 0 Å². The van der Waals surface area contributed by atoms with Crippen LogP contribution in [0.5, 0.6) is 0 Å². The zero-order valence-electron chi connectivity index (χ0n) is 11.8. The third-order valence-corrected chi connectivity index (χ3v) is 4.62. The molecule has 0 saturated heterocycles. The number of thiazole rings is 1. The fourth-order valence-corrected chi connectivity index (χ4v) is 3.49. The van der Waals surface area contributed by atoms with Crippen molar-refractivity contribution in [3.8, 4) is 11.3 Å². The van der Waals surface area contributed by atoms with Crippen LogP contribution in [-0.2, 0) is 0 Å². The first-order valence-electron chi connectivity index (χ1n) is 6.63. The lowest BCUT2D eigenvalue weighted by molar-refractivity contribution is 0.804. The molecule has 2 aromatic heterocycles. The first-order valence-corrected chi connectivity index (χ1v) is 7.45. The van der Waals surface area contributed by atoms with E-state index >= 15 is 0 Å². The van der Waals surface area contributed by atoms with Gasteiger partial charge in [-0.2, -0.15) is 0 Å². The molecule has 1 aromatic carbocycles. The van der Waals surface area contributed by atoms with Crippen molar-refractivity contribution in [3.63, 3.8) is 0 Å². The molecule has 3 rings (SSSR count). The summed E-state index contributed by atoms with van der Waals surface area (Å²) in [6.45, 7) is 8.83. The minimum absolute atomic E-state index is 0.456. The van der Waals surface area contributed by atoms with Gasteiger partial charge < -0.3 is 0 Å². The topological polar surface area (TPSA) is 17.3 Å². The molecule has 3 aromatic rings. The number of rotatable bonds is 2. The first kappa shape index (κ1) is 12.4. The van der Waals surface area contributed by atoms with Crippen LogP contribution < -0.4 is 0 Å². The Balaban J connectivity index is 2.34. The smallest absolute Gasteiger partial charge is 0.194 e. The largest absolute Gasteiger partial charge is 0.291 e. The average molecular weight is 270 g/mol. The van der Waals surface area contributed by atoms with E-state index < -0.39 is 0 Å². The summed E-state index contributed by atoms with van der Waals surface area (Å²) in [6, 6.07) is 10.5. The van der Waals surface area contributed by atoms with Gasteiger partial charge in [0.1, 0.15) is 0 Å². The van der Waals surface area contributed by atoms with E-state index in [0.717, 1.165) is 10.7 Å². The Morgan fingerprint density at radius 3 is 2.42 bits per heavy atom. The third-order valence-electron chi connectivity index (χ3n) is 3.57. The van der Waals surface area contributed by atoms with Gasteiger partial charge in [0.25, 0.3) is 0 Å². The molecule has 0 radical (unpaired) electrons. The second-order valence-electron chi connectivity index (χ2n) is 5.23. The standard InChI is InChI=1S/C16H18N2S/c1-10(2)15-14(13-8-6-5-7-9-13)17-16-18(15)11(3)12(4)19-16/h5-10H,1-4H3. The maximum atomic E-state index is 4.87. The SMILES string of the molecule is Cc1sc2nc(-c3ccccc3)c(C(C)C)n2c1C. The van der Waals surface area contributed by atoms with Gasteiger partial charge in [0.2, 0.25) is 0 Å². The fraction of sp³-hybridized carbons (Fsp3) is 0.312. The van der Waals surface area contributed by atoms with Crippen LogP contribution in [0, 0.1) is 13.8 Å². The minimum Gasteiger partial charge on any atom is -0.291 e. The number of hydrogen-bond donors (Lipinski definition) is 0. The zero-order valence-corrected chi connectivity index (χ0v) is 12.6. The zero-order chi connectivity index (χ0) is 13.6. The molecule has 0 amide bonds. The van der Waals surface area contributed by atoms with E-state index in [1.165, 1.54) is 21.8 Å². The van der Waals surface area contributed by atoms with E-state index in [2.05, 4.69) is 56.4 Å². The Morgan fingerprint density at radius 2 is 1.79 bits per heavy atom. The molecule has 0 fully saturated rings. The summed E-state index contributed by atoms with van der Waals surface area (Å²) >= 11 is 1.78. The van der Waals surface area contributed by atoms with Crippen LogP contribution in [0.15, 0.2) is 30.3 Å². The van der Waals surface area contributed by atoms with Crippen LogP contribution in [0.2, 0.25) is 0 Å². The van der Waals surface area contributed by atoms with Gasteiger partial charge in [-0.15, -0.1) is 11.3 Å². The normalized spacial score (nSPS) is 11.6. The molecule has 0 aliphatic carbocycles. The lowest BCUT2D eigenvalue weighted by Crippen LogP contribution is -1.98. The van der Waals surface area contributed by atoms with Crippen molar-refractivity contribution in [2.75, 3.05) is 0 Å². The number of hydrogen-bond acceptors (Lipinski definition) is 2. The number of imidazole rings is 1. The molecule has 0 spiro atoms. The Labute approximate surface area is 117 Å². The highest BCUT2D eigenvalue weighted by Gasteiger charge is 2.20. The number of fused-ring (bicyclic) bond motifs is 1. The lowest BCUT2D eigenvalue weighted by atomic mass is 10.0. The Hall–Kier alpha value is -1.61. The fourth-order valence-electron chi connectivity index (χ4n) is 2.51. The summed E-state index contributed by atoms with van der Waals surface area (Å²) in [5.41, 5.74) is 4.98. The maximum absolute atomic E-state index is 4.87. The molecule has 98 valence electrons. The van der Waals surface area contributed by atoms with Crippen molar-refractivity contribution in [2.45, 2.75) is 33.6 Å². The predicted molar refractivity (Wildman–Crippen MR) is 82.1 cm³/mol. The molecule has 0 atom stereocenters. The van der Waals surface area contributed by atoms with Crippen molar-refractivity contribution in [2.24, 2.45) is 0 Å². The van der Waals surface area contributed by atoms with E-state index in [-0.39, 0.29) is 0 Å². The lowest BCUT2D eigenvalue weighted by Gasteiger charge is -2.09. The van der Waals surface area contributed by atoms with Crippen LogP contribution in [0.1, 0.15) is 36.0 Å². The molecular weight excluding hydrogens is 252 g/mol. The van der Waals surface area contributed by atoms with Crippen molar-refractivity contribution in [1.29, 1.82) is 0 Å². The third kappa shape index (κ3) is 1.89. The van der Waals surface area contributed by atoms with Gasteiger partial charge >= 0.3 is 0 Å². The molecule has 0 aliphatic rings. The van der Waals surface area contributed by atoms with Crippen LogP contribution in [0.3, 0.4) is 0 Å². The molecular formula is C16H18N2S. The second kappa shape index (κ2) is 4.49. The van der Waals surface area contributed by atoms with Crippen molar-refractivity contribution < 1.29 is 0 Å². The van der Waals surface area contributed by atoms with Crippen LogP contribution in [-0.4, -0.2) is 9.38 Å². The summed E-state index contributed by atoms with van der Waals surface area (Å²) < 4.78 is 2.33. The van der Waals surface area contributed by atoms with E-state index in [0.29, 0.717) is 5.92 Å². The van der Waals surface area contributed by atoms with Crippen molar-refractivity contribution in [3.05, 3.63) is 46.6 Å². The van der Waals surface area contributed by atoms with Crippen molar-refractivity contribution in [1.82, 2.24) is 9.38 Å². The highest BCUT2D eigenvalue weighted by Crippen LogP contribution is 2.34. The summed E-state index contributed by atoms with van der Waals surface area (Å²) in [4.78, 5) is 7.33. The molecule has 0 saturated carbocycles. The van der Waals surface area contributed by atoms with Crippen molar-refractivity contribution >= 4 is 16.3 Å². The van der Waals surface area contributed by atoms with Gasteiger partial charge in [0.15, 0.2) is 4.96 Å². The minimum atomic E-state index is 0.456. The number of benzene rings is 1. The van der Waals surface area contributed by atoms with E-state index in [4.69, 9.17) is 4.98 Å². The predicted octanol–water partition coefficient (Wildman–Crippen LogP) is 4.80. The number of nitrogens with zero attached hydrogens (tertiary/aromatic N) is 2. The van der Waals surface area contributed by atoms with Gasteiger partial charge in [-0.25, -0.2) is 4.98 Å². The Morgan fingerprint density at radius 1 is 1.11 bits per heavy atom. The van der Waals surface area contributed by atoms with Gasteiger partial charge in [-0.3, -0.25) is 4.40 Å². The summed E-state index contributed by atoms with van der Waals surface area (Å²) in [5.74, 6) is 0.456. The van der Waals surface area contributed by atoms with Gasteiger partial charge in [0.05, 0.1) is 11.4 Å². The molecule has 0 bridgehead atoms. The molecule has 0 aliphatic heterocycles. The molecule has 0 N–H and O–H groups in total. The molecule has 0 unspecified atom stereocenters. The van der Waals surface area contributed by atoms with Crippen LogP contribution in [0.25, 0.3) is 16.2 Å². The Kier molecular flexibility index (Phi) is 2.94. The van der Waals surface area contributed by atoms with Gasteiger partial charge in [-0.05, 0) is 19.8 Å². The first-order chi connectivity index (χ1) is 9.09. The van der Waals surface area contributed by atoms with E-state index in [1.54, 1.807) is 11.3 Å². The molecule has 2 heterocycles. The molecule has 2 nitrogen and oxygen atoms in total. The van der Waals surface area contributed by atoms with Gasteiger partial charge in [-0.1, -0.05) is 44.2 Å². The Bertz CT molecular complexity index is 720. The molecule has 3 heteroatoms. The number of aryl methyl sites for hydroxylation is 2. The highest BCUT2D eigenvalue weighted by atomic mass is 32.1. The maximum Gasteiger partial charge on any atom is 0.194 e. The quantitative estimate of drug-likeness (QED) is 0.653. The second-order valence-corrected chi connectivity index (χ2v) is 6.41. The summed E-state index contributed by atoms with van der Waals surface area (Å²) in [7, 11) is 0. The molecule has 19 heavy (non-hydrogen) atoms. The van der Waals surface area contributed by atoms with E-state index in [9.17, 15) is 0 Å². The summed E-state index contributed by atoms with van der Waals surface area (Å²) in [5, 5.41) is 0. The number of aromatic nitrogens is 2. The monoisotopic (exact) mass is 270 g/mol. The van der Waals surface area contributed by atoms with E-state index in [1.807, 2.05) is 6.07 Å².